The first-order valence-electron chi connectivity index (χ1n) is 8.71. The topological polar surface area (TPSA) is 49.4 Å². The van der Waals surface area contributed by atoms with Crippen LogP contribution in [0.4, 0.5) is 0 Å². The second-order valence-electron chi connectivity index (χ2n) is 6.43. The van der Waals surface area contributed by atoms with Crippen LogP contribution in [0.2, 0.25) is 5.02 Å². The van der Waals surface area contributed by atoms with Gasteiger partial charge in [0.2, 0.25) is 11.8 Å². The zero-order valence-electron chi connectivity index (χ0n) is 15.1. The average molecular weight is 353 g/mol. The lowest BCUT2D eigenvalue weighted by atomic mass is 10.1. The Bertz CT molecular complexity index is 546. The van der Waals surface area contributed by atoms with Gasteiger partial charge in [0, 0.05) is 24.5 Å². The number of nitrogens with zero attached hydrogens (tertiary/aromatic N) is 1. The standard InChI is InChI=1S/C19H29ClN2O2/c1-5-9-18(23)22(13-15-10-7-8-11-16(15)20)17(6-2)19(24)21-12-14(3)4/h7-8,10-11,14,17H,5-6,9,12-13H2,1-4H3,(H,21,24)/t17-/m1/s1. The second-order valence-corrected chi connectivity index (χ2v) is 6.83. The van der Waals surface area contributed by atoms with Gasteiger partial charge in [-0.15, -0.1) is 0 Å². The molecule has 1 aromatic rings. The van der Waals surface area contributed by atoms with Gasteiger partial charge in [-0.25, -0.2) is 0 Å². The van der Waals surface area contributed by atoms with Crippen molar-refractivity contribution in [3.63, 3.8) is 0 Å². The van der Waals surface area contributed by atoms with Gasteiger partial charge in [-0.3, -0.25) is 9.59 Å². The molecular weight excluding hydrogens is 324 g/mol. The van der Waals surface area contributed by atoms with E-state index in [0.29, 0.717) is 36.9 Å². The van der Waals surface area contributed by atoms with E-state index < -0.39 is 6.04 Å². The first-order valence-corrected chi connectivity index (χ1v) is 9.09. The van der Waals surface area contributed by atoms with Crippen LogP contribution in [0.15, 0.2) is 24.3 Å². The lowest BCUT2D eigenvalue weighted by Gasteiger charge is -2.31. The lowest BCUT2D eigenvalue weighted by molar-refractivity contribution is -0.141. The van der Waals surface area contributed by atoms with Crippen molar-refractivity contribution in [2.75, 3.05) is 6.54 Å². The zero-order valence-corrected chi connectivity index (χ0v) is 15.9. The molecule has 2 amide bonds. The minimum Gasteiger partial charge on any atom is -0.354 e. The van der Waals surface area contributed by atoms with Crippen LogP contribution in [-0.2, 0) is 16.1 Å². The molecule has 134 valence electrons. The molecule has 0 aliphatic heterocycles. The van der Waals surface area contributed by atoms with E-state index in [2.05, 4.69) is 5.32 Å². The summed E-state index contributed by atoms with van der Waals surface area (Å²) in [5.41, 5.74) is 0.860. The highest BCUT2D eigenvalue weighted by Crippen LogP contribution is 2.20. The highest BCUT2D eigenvalue weighted by molar-refractivity contribution is 6.31. The molecule has 1 atom stereocenters. The Morgan fingerprint density at radius 2 is 1.88 bits per heavy atom. The number of halogens is 1. The summed E-state index contributed by atoms with van der Waals surface area (Å²) in [5.74, 6) is 0.265. The van der Waals surface area contributed by atoms with Crippen molar-refractivity contribution in [2.24, 2.45) is 5.92 Å². The van der Waals surface area contributed by atoms with Crippen LogP contribution in [0.25, 0.3) is 0 Å². The van der Waals surface area contributed by atoms with Gasteiger partial charge >= 0.3 is 0 Å². The Labute approximate surface area is 150 Å². The summed E-state index contributed by atoms with van der Waals surface area (Å²) in [5, 5.41) is 3.56. The molecule has 0 bridgehead atoms. The monoisotopic (exact) mass is 352 g/mol. The van der Waals surface area contributed by atoms with Crippen LogP contribution in [0, 0.1) is 5.92 Å². The molecule has 0 fully saturated rings. The third-order valence-electron chi connectivity index (χ3n) is 3.83. The molecule has 0 aliphatic rings. The fourth-order valence-electron chi connectivity index (χ4n) is 2.51. The predicted octanol–water partition coefficient (Wildman–Crippen LogP) is 4.02. The molecule has 24 heavy (non-hydrogen) atoms. The van der Waals surface area contributed by atoms with Crippen molar-refractivity contribution in [3.8, 4) is 0 Å². The molecule has 0 saturated carbocycles. The summed E-state index contributed by atoms with van der Waals surface area (Å²) in [6.45, 7) is 8.95. The SMILES string of the molecule is CCCC(=O)N(Cc1ccccc1Cl)[C@H](CC)C(=O)NCC(C)C. The first-order chi connectivity index (χ1) is 11.4. The second kappa shape index (κ2) is 10.3. The van der Waals surface area contributed by atoms with Gasteiger partial charge in [0.15, 0.2) is 0 Å². The summed E-state index contributed by atoms with van der Waals surface area (Å²) < 4.78 is 0. The van der Waals surface area contributed by atoms with Crippen molar-refractivity contribution < 1.29 is 9.59 Å². The number of amides is 2. The fourth-order valence-corrected chi connectivity index (χ4v) is 2.71. The van der Waals surface area contributed by atoms with Crippen molar-refractivity contribution in [3.05, 3.63) is 34.9 Å². The van der Waals surface area contributed by atoms with E-state index in [-0.39, 0.29) is 11.8 Å². The van der Waals surface area contributed by atoms with Gasteiger partial charge in [0.05, 0.1) is 0 Å². The third kappa shape index (κ3) is 6.16. The minimum atomic E-state index is -0.473. The average Bonchev–Trinajstić information content (AvgIpc) is 2.54. The summed E-state index contributed by atoms with van der Waals surface area (Å²) in [7, 11) is 0. The number of carbonyl (C=O) groups excluding carboxylic acids is 2. The maximum Gasteiger partial charge on any atom is 0.242 e. The van der Waals surface area contributed by atoms with E-state index >= 15 is 0 Å². The Hall–Kier alpha value is -1.55. The van der Waals surface area contributed by atoms with Gasteiger partial charge in [0.1, 0.15) is 6.04 Å². The summed E-state index contributed by atoms with van der Waals surface area (Å²) in [6.07, 6.45) is 1.75. The van der Waals surface area contributed by atoms with E-state index in [1.807, 2.05) is 45.9 Å². The normalized spacial score (nSPS) is 12.1. The Balaban J connectivity index is 2.99. The molecule has 0 aromatic heterocycles. The Morgan fingerprint density at radius 1 is 1.21 bits per heavy atom. The van der Waals surface area contributed by atoms with Crippen molar-refractivity contribution in [1.29, 1.82) is 0 Å². The summed E-state index contributed by atoms with van der Waals surface area (Å²) in [4.78, 5) is 26.8. The first kappa shape index (κ1) is 20.5. The van der Waals surface area contributed by atoms with E-state index in [9.17, 15) is 9.59 Å². The minimum absolute atomic E-state index is 0.0102. The molecule has 1 aromatic carbocycles. The molecule has 5 heteroatoms. The van der Waals surface area contributed by atoms with Crippen LogP contribution in [-0.4, -0.2) is 29.3 Å². The number of hydrogen-bond acceptors (Lipinski definition) is 2. The van der Waals surface area contributed by atoms with Gasteiger partial charge in [0.25, 0.3) is 0 Å². The molecule has 1 rings (SSSR count). The third-order valence-corrected chi connectivity index (χ3v) is 4.20. The number of benzene rings is 1. The quantitative estimate of drug-likeness (QED) is 0.729. The summed E-state index contributed by atoms with van der Waals surface area (Å²) in [6, 6.07) is 6.98. The molecule has 0 unspecified atom stereocenters. The Morgan fingerprint density at radius 3 is 2.42 bits per heavy atom. The fraction of sp³-hybridized carbons (Fsp3) is 0.579. The van der Waals surface area contributed by atoms with Crippen molar-refractivity contribution >= 4 is 23.4 Å². The largest absolute Gasteiger partial charge is 0.354 e. The summed E-state index contributed by atoms with van der Waals surface area (Å²) >= 11 is 6.24. The molecule has 1 N–H and O–H groups in total. The van der Waals surface area contributed by atoms with Crippen LogP contribution in [0.3, 0.4) is 0 Å². The van der Waals surface area contributed by atoms with Crippen LogP contribution < -0.4 is 5.32 Å². The zero-order chi connectivity index (χ0) is 18.1. The highest BCUT2D eigenvalue weighted by atomic mass is 35.5. The molecule has 4 nitrogen and oxygen atoms in total. The van der Waals surface area contributed by atoms with E-state index in [0.717, 1.165) is 12.0 Å². The molecule has 0 spiro atoms. The van der Waals surface area contributed by atoms with Crippen LogP contribution in [0.1, 0.15) is 52.5 Å². The number of hydrogen-bond donors (Lipinski definition) is 1. The number of nitrogens with one attached hydrogen (secondary N) is 1. The number of rotatable bonds is 9. The van der Waals surface area contributed by atoms with E-state index in [4.69, 9.17) is 11.6 Å². The van der Waals surface area contributed by atoms with Crippen LogP contribution in [0.5, 0.6) is 0 Å². The van der Waals surface area contributed by atoms with Gasteiger partial charge < -0.3 is 10.2 Å². The van der Waals surface area contributed by atoms with Gasteiger partial charge in [-0.05, 0) is 30.4 Å². The van der Waals surface area contributed by atoms with Crippen LogP contribution >= 0.6 is 11.6 Å². The highest BCUT2D eigenvalue weighted by Gasteiger charge is 2.28. The van der Waals surface area contributed by atoms with E-state index in [1.165, 1.54) is 0 Å². The predicted molar refractivity (Wildman–Crippen MR) is 98.8 cm³/mol. The van der Waals surface area contributed by atoms with E-state index in [1.54, 1.807) is 11.0 Å². The molecular formula is C19H29ClN2O2. The molecule has 0 aliphatic carbocycles. The molecule has 0 saturated heterocycles. The maximum absolute atomic E-state index is 12.6. The van der Waals surface area contributed by atoms with Gasteiger partial charge in [-0.2, -0.15) is 0 Å². The van der Waals surface area contributed by atoms with Gasteiger partial charge in [-0.1, -0.05) is 57.5 Å². The Kier molecular flexibility index (Phi) is 8.83. The molecule has 0 heterocycles. The smallest absolute Gasteiger partial charge is 0.242 e. The number of carbonyl (C=O) groups is 2. The van der Waals surface area contributed by atoms with Crippen molar-refractivity contribution in [2.45, 2.75) is 59.5 Å². The maximum atomic E-state index is 12.6. The lowest BCUT2D eigenvalue weighted by Crippen LogP contribution is -2.49. The van der Waals surface area contributed by atoms with Crippen molar-refractivity contribution in [1.82, 2.24) is 10.2 Å². The molecule has 0 radical (unpaired) electrons.